The van der Waals surface area contributed by atoms with Crippen molar-refractivity contribution in [2.24, 2.45) is 0 Å². The van der Waals surface area contributed by atoms with Crippen LogP contribution in [0, 0.1) is 6.07 Å². The van der Waals surface area contributed by atoms with E-state index in [1.807, 2.05) is 0 Å². The molecule has 0 aliphatic rings. The number of hydrogen-bond acceptors (Lipinski definition) is 2. The van der Waals surface area contributed by atoms with Gasteiger partial charge in [0.05, 0.1) is 6.10 Å². The molecule has 1 rings (SSSR count). The maximum Gasteiger partial charge on any atom is 0.0811 e. The number of benzene rings is 1. The number of hydrogen-bond donors (Lipinski definition) is 2. The van der Waals surface area contributed by atoms with Gasteiger partial charge in [0.25, 0.3) is 0 Å². The second-order valence-electron chi connectivity index (χ2n) is 2.36. The molecule has 1 aromatic rings. The van der Waals surface area contributed by atoms with Gasteiger partial charge in [-0.1, -0.05) is 24.3 Å². The highest BCUT2D eigenvalue weighted by molar-refractivity contribution is 5.16. The zero-order valence-electron chi connectivity index (χ0n) is 6.20. The molecule has 0 bridgehead atoms. The first-order valence-corrected chi connectivity index (χ1v) is 3.59. The van der Waals surface area contributed by atoms with E-state index in [1.165, 1.54) is 0 Å². The Morgan fingerprint density at radius 2 is 2.00 bits per heavy atom. The van der Waals surface area contributed by atoms with Crippen LogP contribution in [0.3, 0.4) is 0 Å². The number of aliphatic hydroxyl groups excluding tert-OH is 2. The van der Waals surface area contributed by atoms with E-state index in [4.69, 9.17) is 5.11 Å². The van der Waals surface area contributed by atoms with Crippen molar-refractivity contribution in [2.45, 2.75) is 12.5 Å². The summed E-state index contributed by atoms with van der Waals surface area (Å²) in [6, 6.07) is 9.93. The summed E-state index contributed by atoms with van der Waals surface area (Å²) in [7, 11) is 0. The van der Waals surface area contributed by atoms with Crippen LogP contribution in [-0.2, 0) is 0 Å². The largest absolute Gasteiger partial charge is 0.396 e. The van der Waals surface area contributed by atoms with Gasteiger partial charge in [-0.2, -0.15) is 0 Å². The molecule has 59 valence electrons. The van der Waals surface area contributed by atoms with Crippen molar-refractivity contribution in [3.63, 3.8) is 0 Å². The third kappa shape index (κ3) is 2.33. The normalized spacial score (nSPS) is 12.9. The van der Waals surface area contributed by atoms with E-state index in [2.05, 4.69) is 6.07 Å². The molecule has 0 aliphatic carbocycles. The van der Waals surface area contributed by atoms with Crippen LogP contribution in [-0.4, -0.2) is 16.8 Å². The molecular formula is C9H11O2. The smallest absolute Gasteiger partial charge is 0.0811 e. The summed E-state index contributed by atoms with van der Waals surface area (Å²) < 4.78 is 0. The second kappa shape index (κ2) is 4.11. The van der Waals surface area contributed by atoms with Crippen LogP contribution in [0.4, 0.5) is 0 Å². The van der Waals surface area contributed by atoms with Gasteiger partial charge in [-0.3, -0.25) is 0 Å². The van der Waals surface area contributed by atoms with Crippen molar-refractivity contribution in [3.05, 3.63) is 35.9 Å². The molecule has 1 unspecified atom stereocenters. The van der Waals surface area contributed by atoms with Gasteiger partial charge in [0.1, 0.15) is 0 Å². The molecule has 11 heavy (non-hydrogen) atoms. The Morgan fingerprint density at radius 3 is 2.55 bits per heavy atom. The fourth-order valence-corrected chi connectivity index (χ4v) is 0.911. The molecule has 1 aromatic carbocycles. The molecule has 1 atom stereocenters. The van der Waals surface area contributed by atoms with Crippen LogP contribution >= 0.6 is 0 Å². The summed E-state index contributed by atoms with van der Waals surface area (Å²) in [6.45, 7) is 0.0137. The number of rotatable bonds is 3. The maximum absolute atomic E-state index is 9.35. The Hall–Kier alpha value is -0.860. The molecule has 0 aromatic heterocycles. The Labute approximate surface area is 66.1 Å². The molecule has 1 radical (unpaired) electrons. The lowest BCUT2D eigenvalue weighted by molar-refractivity contribution is 0.134. The van der Waals surface area contributed by atoms with Crippen molar-refractivity contribution >= 4 is 0 Å². The first kappa shape index (κ1) is 8.24. The summed E-state index contributed by atoms with van der Waals surface area (Å²) >= 11 is 0. The highest BCUT2D eigenvalue weighted by atomic mass is 16.3. The van der Waals surface area contributed by atoms with E-state index in [1.54, 1.807) is 24.3 Å². The molecule has 2 nitrogen and oxygen atoms in total. The third-order valence-corrected chi connectivity index (χ3v) is 1.53. The van der Waals surface area contributed by atoms with E-state index >= 15 is 0 Å². The lowest BCUT2D eigenvalue weighted by Gasteiger charge is -2.07. The molecule has 2 N–H and O–H groups in total. The lowest BCUT2D eigenvalue weighted by Crippen LogP contribution is -1.99. The van der Waals surface area contributed by atoms with E-state index in [-0.39, 0.29) is 6.61 Å². The van der Waals surface area contributed by atoms with Crippen molar-refractivity contribution in [3.8, 4) is 0 Å². The molecule has 0 aliphatic heterocycles. The SMILES string of the molecule is OCCC(O)c1cc[c]cc1. The van der Waals surface area contributed by atoms with Crippen LogP contribution in [0.15, 0.2) is 24.3 Å². The standard InChI is InChI=1S/C9H11O2/c10-7-6-9(11)8-4-2-1-3-5-8/h2-5,9-11H,6-7H2. The van der Waals surface area contributed by atoms with Gasteiger partial charge in [0.15, 0.2) is 0 Å². The monoisotopic (exact) mass is 151 g/mol. The zero-order chi connectivity index (χ0) is 8.10. The summed E-state index contributed by atoms with van der Waals surface area (Å²) in [5, 5.41) is 17.9. The Morgan fingerprint density at radius 1 is 1.36 bits per heavy atom. The van der Waals surface area contributed by atoms with Gasteiger partial charge in [0.2, 0.25) is 0 Å². The van der Waals surface area contributed by atoms with Crippen molar-refractivity contribution in [1.29, 1.82) is 0 Å². The van der Waals surface area contributed by atoms with Crippen LogP contribution < -0.4 is 0 Å². The van der Waals surface area contributed by atoms with Gasteiger partial charge in [0, 0.05) is 13.0 Å². The third-order valence-electron chi connectivity index (χ3n) is 1.53. The van der Waals surface area contributed by atoms with E-state index in [0.29, 0.717) is 6.42 Å². The van der Waals surface area contributed by atoms with Crippen molar-refractivity contribution in [2.75, 3.05) is 6.61 Å². The highest BCUT2D eigenvalue weighted by Crippen LogP contribution is 2.14. The lowest BCUT2D eigenvalue weighted by atomic mass is 10.1. The van der Waals surface area contributed by atoms with E-state index in [9.17, 15) is 5.11 Å². The van der Waals surface area contributed by atoms with Gasteiger partial charge in [-0.05, 0) is 11.6 Å². The van der Waals surface area contributed by atoms with Gasteiger partial charge in [-0.25, -0.2) is 0 Å². The van der Waals surface area contributed by atoms with Gasteiger partial charge >= 0.3 is 0 Å². The van der Waals surface area contributed by atoms with Crippen LogP contribution in [0.1, 0.15) is 18.1 Å². The fourth-order valence-electron chi connectivity index (χ4n) is 0.911. The summed E-state index contributed by atoms with van der Waals surface area (Å²) in [6.07, 6.45) is -0.154. The molecule has 0 fully saturated rings. The Balaban J connectivity index is 2.61. The average molecular weight is 151 g/mol. The molecular weight excluding hydrogens is 140 g/mol. The summed E-state index contributed by atoms with van der Waals surface area (Å²) in [4.78, 5) is 0. The van der Waals surface area contributed by atoms with Gasteiger partial charge < -0.3 is 10.2 Å². The minimum Gasteiger partial charge on any atom is -0.396 e. The molecule has 0 saturated heterocycles. The van der Waals surface area contributed by atoms with Crippen molar-refractivity contribution < 1.29 is 10.2 Å². The first-order chi connectivity index (χ1) is 5.34. The molecule has 0 heterocycles. The molecule has 0 saturated carbocycles. The minimum atomic E-state index is -0.547. The highest BCUT2D eigenvalue weighted by Gasteiger charge is 2.03. The number of aliphatic hydroxyl groups is 2. The predicted octanol–water partition coefficient (Wildman–Crippen LogP) is 0.903. The van der Waals surface area contributed by atoms with E-state index < -0.39 is 6.10 Å². The minimum absolute atomic E-state index is 0.0137. The van der Waals surface area contributed by atoms with Crippen LogP contribution in [0.5, 0.6) is 0 Å². The quantitative estimate of drug-likeness (QED) is 0.674. The molecule has 2 heteroatoms. The van der Waals surface area contributed by atoms with E-state index in [0.717, 1.165) is 5.56 Å². The summed E-state index contributed by atoms with van der Waals surface area (Å²) in [5.74, 6) is 0. The van der Waals surface area contributed by atoms with Crippen molar-refractivity contribution in [1.82, 2.24) is 0 Å². The molecule has 0 spiro atoms. The topological polar surface area (TPSA) is 40.5 Å². The van der Waals surface area contributed by atoms with Gasteiger partial charge in [-0.15, -0.1) is 0 Å². The Kier molecular flexibility index (Phi) is 3.08. The Bertz CT molecular complexity index is 196. The maximum atomic E-state index is 9.35. The zero-order valence-corrected chi connectivity index (χ0v) is 6.20. The van der Waals surface area contributed by atoms with Crippen LogP contribution in [0.25, 0.3) is 0 Å². The summed E-state index contributed by atoms with van der Waals surface area (Å²) in [5.41, 5.74) is 0.831. The second-order valence-corrected chi connectivity index (χ2v) is 2.36. The predicted molar refractivity (Wildman–Crippen MR) is 41.9 cm³/mol. The first-order valence-electron chi connectivity index (χ1n) is 3.59. The van der Waals surface area contributed by atoms with Crippen LogP contribution in [0.2, 0.25) is 0 Å². The fraction of sp³-hybridized carbons (Fsp3) is 0.333. The molecule has 0 amide bonds. The average Bonchev–Trinajstić information content (AvgIpc) is 2.07.